The Morgan fingerprint density at radius 3 is 2.94 bits per heavy atom. The van der Waals surface area contributed by atoms with Crippen molar-refractivity contribution in [2.24, 2.45) is 11.3 Å². The molecule has 4 unspecified atom stereocenters. The van der Waals surface area contributed by atoms with Crippen LogP contribution in [0.3, 0.4) is 0 Å². The monoisotopic (exact) mass is 260 g/mol. The molecule has 2 rings (SSSR count). The molecule has 0 aromatic carbocycles. The van der Waals surface area contributed by atoms with Gasteiger partial charge in [0.15, 0.2) is 5.78 Å². The average Bonchev–Trinajstić information content (AvgIpc) is 2.13. The molecule has 0 radical (unpaired) electrons. The van der Waals surface area contributed by atoms with Gasteiger partial charge in [-0.15, -0.1) is 0 Å². The molecule has 0 aromatic rings. The van der Waals surface area contributed by atoms with Crippen LogP contribution in [0.2, 0.25) is 0 Å². The van der Waals surface area contributed by atoms with Gasteiger partial charge < -0.3 is 0 Å². The molecule has 0 spiro atoms. The van der Waals surface area contributed by atoms with E-state index in [2.05, 4.69) is 0 Å². The first-order valence-corrected chi connectivity index (χ1v) is 8.52. The van der Waals surface area contributed by atoms with E-state index < -0.39 is 27.0 Å². The Balaban J connectivity index is 2.39. The molecule has 0 amide bonds. The van der Waals surface area contributed by atoms with Gasteiger partial charge in [0.25, 0.3) is 0 Å². The van der Waals surface area contributed by atoms with E-state index in [0.717, 1.165) is 12.0 Å². The maximum absolute atomic E-state index is 12.1. The number of hydrogen-bond acceptors (Lipinski definition) is 3. The van der Waals surface area contributed by atoms with E-state index in [-0.39, 0.29) is 11.7 Å². The minimum absolute atomic E-state index is 0.0319. The van der Waals surface area contributed by atoms with Gasteiger partial charge in [-0.3, -0.25) is 13.2 Å². The Kier molecular flexibility index (Phi) is 3.18. The van der Waals surface area contributed by atoms with Gasteiger partial charge in [0.2, 0.25) is 0 Å². The minimum atomic E-state index is -1.01. The lowest BCUT2D eigenvalue weighted by molar-refractivity contribution is -0.123. The summed E-state index contributed by atoms with van der Waals surface area (Å²) in [5, 5.41) is 0. The summed E-state index contributed by atoms with van der Waals surface area (Å²) in [6.07, 6.45) is 4.02. The molecule has 0 N–H and O–H groups in total. The largest absolute Gasteiger partial charge is 0.294 e. The fourth-order valence-corrected chi connectivity index (χ4v) is 5.88. The van der Waals surface area contributed by atoms with Gasteiger partial charge in [0.1, 0.15) is 0 Å². The highest BCUT2D eigenvalue weighted by molar-refractivity contribution is 7.85. The second kappa shape index (κ2) is 4.18. The molecule has 1 fully saturated rings. The Morgan fingerprint density at radius 2 is 2.31 bits per heavy atom. The first kappa shape index (κ1) is 12.2. The molecule has 4 atom stereocenters. The SMILES string of the molecule is CC1=CC(=O)C2(CS(C)=O)CC1CS(=O)C2. The summed E-state index contributed by atoms with van der Waals surface area (Å²) >= 11 is 0. The topological polar surface area (TPSA) is 51.2 Å². The fourth-order valence-electron chi connectivity index (χ4n) is 2.68. The van der Waals surface area contributed by atoms with Crippen molar-refractivity contribution < 1.29 is 13.2 Å². The third-order valence-electron chi connectivity index (χ3n) is 3.47. The first-order chi connectivity index (χ1) is 7.43. The predicted molar refractivity (Wildman–Crippen MR) is 66.1 cm³/mol. The van der Waals surface area contributed by atoms with Gasteiger partial charge in [-0.25, -0.2) is 0 Å². The van der Waals surface area contributed by atoms with E-state index in [1.54, 1.807) is 12.3 Å². The van der Waals surface area contributed by atoms with Crippen molar-refractivity contribution in [2.45, 2.75) is 13.3 Å². The van der Waals surface area contributed by atoms with Gasteiger partial charge in [-0.2, -0.15) is 0 Å². The third kappa shape index (κ3) is 2.07. The number of allylic oxidation sites excluding steroid dienone is 2. The number of fused-ring (bicyclic) bond motifs is 2. The zero-order chi connectivity index (χ0) is 11.9. The summed E-state index contributed by atoms with van der Waals surface area (Å²) in [6, 6.07) is 0. The van der Waals surface area contributed by atoms with Gasteiger partial charge in [0.05, 0.1) is 5.41 Å². The molecule has 0 saturated carbocycles. The molecule has 5 heteroatoms. The minimum Gasteiger partial charge on any atom is -0.294 e. The van der Waals surface area contributed by atoms with Crippen molar-refractivity contribution in [1.29, 1.82) is 0 Å². The fraction of sp³-hybridized carbons (Fsp3) is 0.727. The lowest BCUT2D eigenvalue weighted by Crippen LogP contribution is -2.49. The number of carbonyl (C=O) groups excluding carboxylic acids is 1. The summed E-state index contributed by atoms with van der Waals surface area (Å²) in [6.45, 7) is 1.93. The van der Waals surface area contributed by atoms with Crippen molar-refractivity contribution in [3.63, 3.8) is 0 Å². The van der Waals surface area contributed by atoms with E-state index in [1.807, 2.05) is 6.92 Å². The Bertz CT molecular complexity index is 409. The van der Waals surface area contributed by atoms with Gasteiger partial charge in [0, 0.05) is 45.1 Å². The van der Waals surface area contributed by atoms with E-state index in [4.69, 9.17) is 0 Å². The van der Waals surface area contributed by atoms with Gasteiger partial charge >= 0.3 is 0 Å². The summed E-state index contributed by atoms with van der Waals surface area (Å²) in [4.78, 5) is 12.1. The average molecular weight is 260 g/mol. The molecule has 1 heterocycles. The number of rotatable bonds is 2. The van der Waals surface area contributed by atoms with Crippen molar-refractivity contribution in [2.75, 3.05) is 23.5 Å². The van der Waals surface area contributed by atoms with Gasteiger partial charge in [-0.05, 0) is 25.3 Å². The highest BCUT2D eigenvalue weighted by Gasteiger charge is 2.48. The van der Waals surface area contributed by atoms with Crippen molar-refractivity contribution in [3.05, 3.63) is 11.6 Å². The molecule has 1 aliphatic carbocycles. The zero-order valence-corrected chi connectivity index (χ0v) is 11.2. The van der Waals surface area contributed by atoms with Crippen LogP contribution < -0.4 is 0 Å². The van der Waals surface area contributed by atoms with E-state index >= 15 is 0 Å². The molecule has 0 aromatic heterocycles. The summed E-state index contributed by atoms with van der Waals surface area (Å²) in [5.74, 6) is 1.69. The zero-order valence-electron chi connectivity index (χ0n) is 9.52. The molecule has 1 aliphatic heterocycles. The van der Waals surface area contributed by atoms with Crippen LogP contribution in [0, 0.1) is 11.3 Å². The van der Waals surface area contributed by atoms with E-state index in [1.165, 1.54) is 0 Å². The van der Waals surface area contributed by atoms with Crippen molar-refractivity contribution >= 4 is 27.4 Å². The molecule has 90 valence electrons. The van der Waals surface area contributed by atoms with Crippen molar-refractivity contribution in [1.82, 2.24) is 0 Å². The first-order valence-electron chi connectivity index (χ1n) is 5.30. The maximum atomic E-state index is 12.1. The number of hydrogen-bond donors (Lipinski definition) is 0. The van der Waals surface area contributed by atoms with E-state index in [0.29, 0.717) is 17.3 Å². The van der Waals surface area contributed by atoms with Crippen LogP contribution in [0.5, 0.6) is 0 Å². The smallest absolute Gasteiger partial charge is 0.163 e. The lowest BCUT2D eigenvalue weighted by Gasteiger charge is -2.41. The predicted octanol–water partition coefficient (Wildman–Crippen LogP) is 0.649. The van der Waals surface area contributed by atoms with Gasteiger partial charge in [-0.1, -0.05) is 5.57 Å². The molecular formula is C11H16O3S2. The normalized spacial score (nSPS) is 40.4. The van der Waals surface area contributed by atoms with Crippen LogP contribution in [0.25, 0.3) is 0 Å². The molecule has 2 aliphatic rings. The van der Waals surface area contributed by atoms with Crippen LogP contribution in [0.4, 0.5) is 0 Å². The van der Waals surface area contributed by atoms with E-state index in [9.17, 15) is 13.2 Å². The second-order valence-corrected chi connectivity index (χ2v) is 7.84. The van der Waals surface area contributed by atoms with Crippen LogP contribution in [-0.2, 0) is 26.4 Å². The summed E-state index contributed by atoms with van der Waals surface area (Å²) in [5.41, 5.74) is 0.433. The quantitative estimate of drug-likeness (QED) is 0.732. The summed E-state index contributed by atoms with van der Waals surface area (Å²) < 4.78 is 23.2. The lowest BCUT2D eigenvalue weighted by atomic mass is 9.72. The molecular weight excluding hydrogens is 244 g/mol. The highest BCUT2D eigenvalue weighted by atomic mass is 32.2. The molecule has 3 nitrogen and oxygen atoms in total. The second-order valence-electron chi connectivity index (χ2n) is 4.90. The van der Waals surface area contributed by atoms with Crippen LogP contribution in [-0.4, -0.2) is 37.7 Å². The van der Waals surface area contributed by atoms with Crippen LogP contribution >= 0.6 is 0 Å². The summed E-state index contributed by atoms with van der Waals surface area (Å²) in [7, 11) is -1.96. The molecule has 1 saturated heterocycles. The molecule has 16 heavy (non-hydrogen) atoms. The molecule has 2 bridgehead atoms. The maximum Gasteiger partial charge on any atom is 0.163 e. The van der Waals surface area contributed by atoms with Crippen LogP contribution in [0.1, 0.15) is 13.3 Å². The Hall–Kier alpha value is -0.290. The number of carbonyl (C=O) groups is 1. The number of ketones is 1. The standard InChI is InChI=1S/C11H16O3S2/c1-8-3-10(12)11(6-15(2)13)4-9(8)5-16(14)7-11/h3,9H,4-7H2,1-2H3. The Labute approximate surface area is 101 Å². The van der Waals surface area contributed by atoms with Crippen molar-refractivity contribution in [3.8, 4) is 0 Å². The third-order valence-corrected chi connectivity index (χ3v) is 6.07. The highest BCUT2D eigenvalue weighted by Crippen LogP contribution is 2.42. The van der Waals surface area contributed by atoms with Crippen LogP contribution in [0.15, 0.2) is 11.6 Å². The Morgan fingerprint density at radius 1 is 1.62 bits per heavy atom.